The van der Waals surface area contributed by atoms with Crippen LogP contribution in [0.5, 0.6) is 0 Å². The molecule has 0 atom stereocenters. The molecule has 0 N–H and O–H groups in total. The summed E-state index contributed by atoms with van der Waals surface area (Å²) in [5.41, 5.74) is 0. The molecule has 0 aromatic heterocycles. The Morgan fingerprint density at radius 2 is 1.43 bits per heavy atom. The zero-order chi connectivity index (χ0) is 6.12. The third-order valence-electron chi connectivity index (χ3n) is 0.707. The van der Waals surface area contributed by atoms with Crippen LogP contribution in [0, 0.1) is 0 Å². The molecule has 0 bridgehead atoms. The van der Waals surface area contributed by atoms with Crippen LogP contribution in [0.2, 0.25) is 0 Å². The second kappa shape index (κ2) is 16.4. The van der Waals surface area contributed by atoms with E-state index in [0.717, 1.165) is 0 Å². The van der Waals surface area contributed by atoms with Gasteiger partial charge in [-0.25, -0.2) is 0 Å². The molecule has 1 nitrogen and oxygen atoms in total. The van der Waals surface area contributed by atoms with Gasteiger partial charge < -0.3 is 0 Å². The fourth-order valence-electron chi connectivity index (χ4n) is 0.354. The number of rotatable bonds is 2. The maximum atomic E-state index is 8.06. The minimum absolute atomic E-state index is 1.34. The van der Waals surface area contributed by atoms with Crippen molar-refractivity contribution in [2.75, 3.05) is 0 Å². The number of hydrogen-bond acceptors (Lipinski definition) is 1. The molecular weight excluding hydrogens is 108 g/mol. The molecule has 0 radical (unpaired) electrons. The van der Waals surface area contributed by atoms with Gasteiger partial charge in [0.25, 0.3) is 0 Å². The molecule has 0 aliphatic carbocycles. The Morgan fingerprint density at radius 3 is 1.43 bits per heavy atom. The van der Waals surface area contributed by atoms with E-state index in [1.165, 1.54) is 19.3 Å². The molecule has 0 aliphatic heterocycles. The fraction of sp³-hybridized carbons (Fsp3) is 1.00. The molecule has 0 spiro atoms. The molecule has 0 amide bonds. The van der Waals surface area contributed by atoms with E-state index in [1.54, 1.807) is 12.5 Å². The standard InChI is InChI=1S/C5H12.H2OS/c1-3-5-4-2;1-2/h3-5H2,1-2H3;2H2. The van der Waals surface area contributed by atoms with Crippen LogP contribution in [0.4, 0.5) is 0 Å². The smallest absolute Gasteiger partial charge is 0.00591 e. The topological polar surface area (TPSA) is 17.1 Å². The van der Waals surface area contributed by atoms with Crippen molar-refractivity contribution in [2.24, 2.45) is 0 Å². The second-order valence-electron chi connectivity index (χ2n) is 1.35. The van der Waals surface area contributed by atoms with E-state index in [9.17, 15) is 0 Å². The van der Waals surface area contributed by atoms with Gasteiger partial charge in [-0.15, -0.1) is 0 Å². The van der Waals surface area contributed by atoms with Gasteiger partial charge in [0.2, 0.25) is 0 Å². The molecule has 0 rings (SSSR count). The highest BCUT2D eigenvalue weighted by Crippen LogP contribution is 1.88. The molecule has 2 heteroatoms. The molecule has 0 fully saturated rings. The molecule has 0 saturated heterocycles. The Balaban J connectivity index is 0. The minimum atomic E-state index is 1.34. The van der Waals surface area contributed by atoms with Crippen LogP contribution < -0.4 is 0 Å². The lowest BCUT2D eigenvalue weighted by Gasteiger charge is -1.79. The lowest BCUT2D eigenvalue weighted by Crippen LogP contribution is -1.59. The maximum absolute atomic E-state index is 8.06. The predicted octanol–water partition coefficient (Wildman–Crippen LogP) is 1.32. The molecule has 7 heavy (non-hydrogen) atoms. The largest absolute Gasteiger partial charge is 0.266 e. The highest BCUT2D eigenvalue weighted by Gasteiger charge is 1.68. The zero-order valence-electron chi connectivity index (χ0n) is 5.03. The van der Waals surface area contributed by atoms with Crippen LogP contribution in [-0.4, -0.2) is 4.21 Å². The minimum Gasteiger partial charge on any atom is -0.266 e. The van der Waals surface area contributed by atoms with Gasteiger partial charge in [0.1, 0.15) is 0 Å². The van der Waals surface area contributed by atoms with Crippen LogP contribution in [0.1, 0.15) is 33.1 Å². The summed E-state index contributed by atoms with van der Waals surface area (Å²) in [5, 5.41) is 0. The quantitative estimate of drug-likeness (QED) is 0.540. The first-order valence-electron chi connectivity index (χ1n) is 2.62. The van der Waals surface area contributed by atoms with Crippen LogP contribution in [0.3, 0.4) is 0 Å². The lowest BCUT2D eigenvalue weighted by atomic mass is 10.3. The first-order chi connectivity index (χ1) is 3.41. The highest BCUT2D eigenvalue weighted by molar-refractivity contribution is 7.44. The molecule has 0 heterocycles. The van der Waals surface area contributed by atoms with Gasteiger partial charge in [0.15, 0.2) is 0 Å². The molecule has 46 valence electrons. The highest BCUT2D eigenvalue weighted by atomic mass is 32.1. The average Bonchev–Trinajstić information content (AvgIpc) is 1.75. The Hall–Kier alpha value is 0.150. The van der Waals surface area contributed by atoms with Crippen molar-refractivity contribution in [3.05, 3.63) is 0 Å². The first-order valence-corrected chi connectivity index (χ1v) is 3.03. The summed E-state index contributed by atoms with van der Waals surface area (Å²) in [6, 6.07) is 0. The van der Waals surface area contributed by atoms with E-state index in [-0.39, 0.29) is 0 Å². The van der Waals surface area contributed by atoms with Crippen molar-refractivity contribution in [1.29, 1.82) is 0 Å². The summed E-state index contributed by atoms with van der Waals surface area (Å²) in [7, 11) is 0. The predicted molar refractivity (Wildman–Crippen MR) is 36.1 cm³/mol. The fourth-order valence-corrected chi connectivity index (χ4v) is 0.354. The zero-order valence-corrected chi connectivity index (χ0v) is 6.03. The summed E-state index contributed by atoms with van der Waals surface area (Å²) in [4.78, 5) is 0. The van der Waals surface area contributed by atoms with Crippen molar-refractivity contribution in [3.8, 4) is 0 Å². The van der Waals surface area contributed by atoms with Crippen molar-refractivity contribution in [3.63, 3.8) is 0 Å². The molecular formula is C5H14OS. The van der Waals surface area contributed by atoms with Gasteiger partial charge in [-0.1, -0.05) is 33.1 Å². The van der Waals surface area contributed by atoms with Gasteiger partial charge in [0, 0.05) is 0 Å². The summed E-state index contributed by atoms with van der Waals surface area (Å²) in [6.07, 6.45) is 4.08. The van der Waals surface area contributed by atoms with Gasteiger partial charge >= 0.3 is 0 Å². The van der Waals surface area contributed by atoms with E-state index >= 15 is 0 Å². The van der Waals surface area contributed by atoms with Gasteiger partial charge in [-0.3, -0.25) is 4.21 Å². The Kier molecular flexibility index (Phi) is 23.9. The summed E-state index contributed by atoms with van der Waals surface area (Å²) < 4.78 is 8.06. The molecule has 0 aliphatic rings. The molecule has 0 aromatic carbocycles. The van der Waals surface area contributed by atoms with Gasteiger partial charge in [0.05, 0.1) is 0 Å². The third kappa shape index (κ3) is 22.9. The van der Waals surface area contributed by atoms with E-state index in [0.29, 0.717) is 0 Å². The SMILES string of the molecule is CCCCC.O=[SH2]. The van der Waals surface area contributed by atoms with Crippen LogP contribution >= 0.6 is 0 Å². The van der Waals surface area contributed by atoms with Gasteiger partial charge in [-0.2, -0.15) is 0 Å². The molecule has 0 unspecified atom stereocenters. The lowest BCUT2D eigenvalue weighted by molar-refractivity contribution is 0.702. The van der Waals surface area contributed by atoms with Crippen LogP contribution in [0.25, 0.3) is 0 Å². The van der Waals surface area contributed by atoms with E-state index in [1.807, 2.05) is 0 Å². The monoisotopic (exact) mass is 122 g/mol. The summed E-state index contributed by atoms with van der Waals surface area (Å²) in [6.45, 7) is 4.42. The first kappa shape index (κ1) is 10.2. The Morgan fingerprint density at radius 1 is 1.14 bits per heavy atom. The van der Waals surface area contributed by atoms with E-state index in [4.69, 9.17) is 4.21 Å². The number of hydrogen-bond donors (Lipinski definition) is 0. The van der Waals surface area contributed by atoms with Gasteiger partial charge in [-0.05, 0) is 12.5 Å². The van der Waals surface area contributed by atoms with Crippen molar-refractivity contribution in [2.45, 2.75) is 33.1 Å². The Labute approximate surface area is 50.6 Å². The average molecular weight is 122 g/mol. The summed E-state index contributed by atoms with van der Waals surface area (Å²) >= 11 is 1.72. The van der Waals surface area contributed by atoms with Crippen molar-refractivity contribution < 1.29 is 4.21 Å². The van der Waals surface area contributed by atoms with Crippen LogP contribution in [0.15, 0.2) is 0 Å². The molecule has 0 aromatic rings. The number of unbranched alkanes of at least 4 members (excludes halogenated alkanes) is 2. The van der Waals surface area contributed by atoms with Crippen molar-refractivity contribution in [1.82, 2.24) is 0 Å². The maximum Gasteiger partial charge on any atom is -0.00591 e. The normalized spacial score (nSPS) is 6.71. The van der Waals surface area contributed by atoms with Crippen molar-refractivity contribution >= 4 is 12.5 Å². The van der Waals surface area contributed by atoms with E-state index in [2.05, 4.69) is 13.8 Å². The second-order valence-corrected chi connectivity index (χ2v) is 1.35. The van der Waals surface area contributed by atoms with Crippen LogP contribution in [-0.2, 0) is 12.5 Å². The third-order valence-corrected chi connectivity index (χ3v) is 0.707. The molecule has 0 saturated carbocycles. The van der Waals surface area contributed by atoms with E-state index < -0.39 is 0 Å². The summed E-state index contributed by atoms with van der Waals surface area (Å²) in [5.74, 6) is 0. The Bertz CT molecular complexity index is 22.0.